The quantitative estimate of drug-likeness (QED) is 0.748. The van der Waals surface area contributed by atoms with Crippen molar-refractivity contribution < 1.29 is 4.42 Å². The molecule has 1 aromatic heterocycles. The van der Waals surface area contributed by atoms with Crippen molar-refractivity contribution in [1.29, 1.82) is 5.26 Å². The van der Waals surface area contributed by atoms with Gasteiger partial charge in [-0.25, -0.2) is 4.98 Å². The molecular weight excluding hydrogens is 188 g/mol. The van der Waals surface area contributed by atoms with Crippen LogP contribution in [0, 0.1) is 11.3 Å². The van der Waals surface area contributed by atoms with Gasteiger partial charge in [0, 0.05) is 5.92 Å². The average Bonchev–Trinajstić information content (AvgIpc) is 2.61. The summed E-state index contributed by atoms with van der Waals surface area (Å²) in [4.78, 5) is 4.36. The molecule has 0 unspecified atom stereocenters. The first-order valence-electron chi connectivity index (χ1n) is 4.97. The number of aromatic nitrogens is 1. The van der Waals surface area contributed by atoms with Crippen LogP contribution >= 0.6 is 0 Å². The number of fused-ring (bicyclic) bond motifs is 1. The topological polar surface area (TPSA) is 49.8 Å². The third kappa shape index (κ3) is 1.84. The molecule has 76 valence electrons. The van der Waals surface area contributed by atoms with E-state index in [1.165, 1.54) is 0 Å². The first-order chi connectivity index (χ1) is 7.20. The molecule has 0 N–H and O–H groups in total. The predicted molar refractivity (Wildman–Crippen MR) is 57.4 cm³/mol. The highest BCUT2D eigenvalue weighted by Gasteiger charge is 2.09. The zero-order chi connectivity index (χ0) is 10.8. The van der Waals surface area contributed by atoms with E-state index in [4.69, 9.17) is 9.68 Å². The molecule has 3 nitrogen and oxygen atoms in total. The Hall–Kier alpha value is -1.82. The van der Waals surface area contributed by atoms with Gasteiger partial charge in [-0.2, -0.15) is 5.26 Å². The molecule has 15 heavy (non-hydrogen) atoms. The maximum absolute atomic E-state index is 8.59. The highest BCUT2D eigenvalue weighted by Crippen LogP contribution is 2.22. The van der Waals surface area contributed by atoms with Crippen molar-refractivity contribution in [3.05, 3.63) is 29.7 Å². The Morgan fingerprint density at radius 3 is 2.93 bits per heavy atom. The van der Waals surface area contributed by atoms with Gasteiger partial charge in [0.2, 0.25) is 0 Å². The molecule has 2 aromatic rings. The van der Waals surface area contributed by atoms with Gasteiger partial charge in [0.05, 0.1) is 12.5 Å². The molecule has 2 rings (SSSR count). The molecule has 0 aliphatic rings. The normalized spacial score (nSPS) is 10.8. The largest absolute Gasteiger partial charge is 0.440 e. The molecule has 0 aliphatic carbocycles. The summed E-state index contributed by atoms with van der Waals surface area (Å²) in [5, 5.41) is 8.59. The second kappa shape index (κ2) is 3.74. The number of oxazole rings is 1. The number of benzene rings is 1. The van der Waals surface area contributed by atoms with E-state index in [-0.39, 0.29) is 5.92 Å². The molecule has 0 amide bonds. The number of nitriles is 1. The van der Waals surface area contributed by atoms with E-state index < -0.39 is 0 Å². The molecule has 0 aliphatic heterocycles. The highest BCUT2D eigenvalue weighted by molar-refractivity contribution is 5.73. The van der Waals surface area contributed by atoms with Crippen LogP contribution in [0.25, 0.3) is 11.1 Å². The van der Waals surface area contributed by atoms with Crippen LogP contribution in [0.4, 0.5) is 0 Å². The molecule has 0 spiro atoms. The van der Waals surface area contributed by atoms with Crippen LogP contribution < -0.4 is 0 Å². The van der Waals surface area contributed by atoms with Crippen molar-refractivity contribution >= 4 is 11.1 Å². The Labute approximate surface area is 88.3 Å². The van der Waals surface area contributed by atoms with Crippen LogP contribution in [0.5, 0.6) is 0 Å². The molecule has 0 atom stereocenters. The van der Waals surface area contributed by atoms with Crippen molar-refractivity contribution in [2.75, 3.05) is 0 Å². The SMILES string of the molecule is CC(C)c1nc2ccc(CC#N)cc2o1. The van der Waals surface area contributed by atoms with E-state index >= 15 is 0 Å². The Morgan fingerprint density at radius 1 is 1.47 bits per heavy atom. The molecule has 0 saturated heterocycles. The fourth-order valence-electron chi connectivity index (χ4n) is 1.44. The third-order valence-electron chi connectivity index (χ3n) is 2.25. The van der Waals surface area contributed by atoms with Gasteiger partial charge < -0.3 is 4.42 Å². The average molecular weight is 200 g/mol. The Balaban J connectivity index is 2.48. The van der Waals surface area contributed by atoms with Crippen LogP contribution in [0.1, 0.15) is 31.2 Å². The number of nitrogens with zero attached hydrogens (tertiary/aromatic N) is 2. The van der Waals surface area contributed by atoms with Gasteiger partial charge in [-0.1, -0.05) is 19.9 Å². The lowest BCUT2D eigenvalue weighted by molar-refractivity contribution is 0.501. The Bertz CT molecular complexity index is 520. The zero-order valence-corrected chi connectivity index (χ0v) is 8.82. The lowest BCUT2D eigenvalue weighted by Gasteiger charge is -1.94. The molecule has 3 heteroatoms. The van der Waals surface area contributed by atoms with Gasteiger partial charge >= 0.3 is 0 Å². The van der Waals surface area contributed by atoms with E-state index in [9.17, 15) is 0 Å². The first-order valence-corrected chi connectivity index (χ1v) is 4.97. The van der Waals surface area contributed by atoms with Gasteiger partial charge in [-0.05, 0) is 17.7 Å². The van der Waals surface area contributed by atoms with Gasteiger partial charge in [-0.3, -0.25) is 0 Å². The van der Waals surface area contributed by atoms with Crippen molar-refractivity contribution in [3.63, 3.8) is 0 Å². The van der Waals surface area contributed by atoms with Crippen LogP contribution in [-0.4, -0.2) is 4.98 Å². The Kier molecular flexibility index (Phi) is 2.42. The Morgan fingerprint density at radius 2 is 2.27 bits per heavy atom. The van der Waals surface area contributed by atoms with Gasteiger partial charge in [-0.15, -0.1) is 0 Å². The number of rotatable bonds is 2. The standard InChI is InChI=1S/C12H12N2O/c1-8(2)12-14-10-4-3-9(5-6-13)7-11(10)15-12/h3-4,7-8H,5H2,1-2H3. The molecule has 0 bridgehead atoms. The summed E-state index contributed by atoms with van der Waals surface area (Å²) in [6.07, 6.45) is 0.410. The maximum Gasteiger partial charge on any atom is 0.198 e. The fraction of sp³-hybridized carbons (Fsp3) is 0.333. The summed E-state index contributed by atoms with van der Waals surface area (Å²) in [5.74, 6) is 1.04. The van der Waals surface area contributed by atoms with Crippen LogP contribution in [0.15, 0.2) is 22.6 Å². The summed E-state index contributed by atoms with van der Waals surface area (Å²) in [6.45, 7) is 4.09. The van der Waals surface area contributed by atoms with E-state index in [2.05, 4.69) is 11.1 Å². The van der Waals surface area contributed by atoms with E-state index in [1.807, 2.05) is 32.0 Å². The van der Waals surface area contributed by atoms with Crippen molar-refractivity contribution in [2.24, 2.45) is 0 Å². The fourth-order valence-corrected chi connectivity index (χ4v) is 1.44. The third-order valence-corrected chi connectivity index (χ3v) is 2.25. The lowest BCUT2D eigenvalue weighted by atomic mass is 10.1. The highest BCUT2D eigenvalue weighted by atomic mass is 16.3. The van der Waals surface area contributed by atoms with Crippen LogP contribution in [-0.2, 0) is 6.42 Å². The lowest BCUT2D eigenvalue weighted by Crippen LogP contribution is -1.84. The smallest absolute Gasteiger partial charge is 0.198 e. The van der Waals surface area contributed by atoms with Crippen molar-refractivity contribution in [1.82, 2.24) is 4.98 Å². The molecular formula is C12H12N2O. The molecule has 1 aromatic carbocycles. The van der Waals surface area contributed by atoms with Gasteiger partial charge in [0.25, 0.3) is 0 Å². The second-order valence-corrected chi connectivity index (χ2v) is 3.84. The van der Waals surface area contributed by atoms with Crippen molar-refractivity contribution in [3.8, 4) is 6.07 Å². The summed E-state index contributed by atoms with van der Waals surface area (Å²) in [7, 11) is 0. The van der Waals surface area contributed by atoms with Crippen LogP contribution in [0.2, 0.25) is 0 Å². The van der Waals surface area contributed by atoms with Crippen LogP contribution in [0.3, 0.4) is 0 Å². The number of hydrogen-bond donors (Lipinski definition) is 0. The second-order valence-electron chi connectivity index (χ2n) is 3.84. The minimum Gasteiger partial charge on any atom is -0.440 e. The van der Waals surface area contributed by atoms with Crippen molar-refractivity contribution in [2.45, 2.75) is 26.2 Å². The summed E-state index contributed by atoms with van der Waals surface area (Å²) >= 11 is 0. The summed E-state index contributed by atoms with van der Waals surface area (Å²) in [6, 6.07) is 7.82. The molecule has 1 heterocycles. The van der Waals surface area contributed by atoms with Gasteiger partial charge in [0.15, 0.2) is 11.5 Å². The first kappa shape index (κ1) is 9.72. The minimum absolute atomic E-state index is 0.289. The minimum atomic E-state index is 0.289. The monoisotopic (exact) mass is 200 g/mol. The van der Waals surface area contributed by atoms with E-state index in [1.54, 1.807) is 0 Å². The zero-order valence-electron chi connectivity index (χ0n) is 8.82. The molecule has 0 fully saturated rings. The van der Waals surface area contributed by atoms with Gasteiger partial charge in [0.1, 0.15) is 5.52 Å². The van der Waals surface area contributed by atoms with E-state index in [0.29, 0.717) is 6.42 Å². The predicted octanol–water partition coefficient (Wildman–Crippen LogP) is 3.02. The summed E-state index contributed by atoms with van der Waals surface area (Å²) < 4.78 is 5.60. The van der Waals surface area contributed by atoms with E-state index in [0.717, 1.165) is 22.6 Å². The maximum atomic E-state index is 8.59. The molecule has 0 saturated carbocycles. The molecule has 0 radical (unpaired) electrons. The summed E-state index contributed by atoms with van der Waals surface area (Å²) in [5.41, 5.74) is 2.60. The number of hydrogen-bond acceptors (Lipinski definition) is 3.